The summed E-state index contributed by atoms with van der Waals surface area (Å²) in [6.45, 7) is 2.56. The minimum absolute atomic E-state index is 0.163. The zero-order chi connectivity index (χ0) is 26.5. The van der Waals surface area contributed by atoms with Gasteiger partial charge in [0.2, 0.25) is 5.91 Å². The van der Waals surface area contributed by atoms with Crippen molar-refractivity contribution in [2.24, 2.45) is 0 Å². The molecule has 0 fully saturated rings. The maximum absolute atomic E-state index is 13.2. The summed E-state index contributed by atoms with van der Waals surface area (Å²) in [6.07, 6.45) is 2.72. The number of anilines is 1. The first kappa shape index (κ1) is 25.0. The summed E-state index contributed by atoms with van der Waals surface area (Å²) in [4.78, 5) is 17.7. The maximum Gasteiger partial charge on any atom is 0.224 e. The lowest BCUT2D eigenvalue weighted by Gasteiger charge is -2.10. The average Bonchev–Trinajstić information content (AvgIpc) is 3.31. The highest BCUT2D eigenvalue weighted by Crippen LogP contribution is 2.31. The molecule has 0 atom stereocenters. The van der Waals surface area contributed by atoms with Crippen molar-refractivity contribution in [3.05, 3.63) is 103 Å². The van der Waals surface area contributed by atoms with E-state index in [-0.39, 0.29) is 18.1 Å². The van der Waals surface area contributed by atoms with Gasteiger partial charge in [0, 0.05) is 23.9 Å². The molecule has 1 N–H and O–H groups in total. The van der Waals surface area contributed by atoms with Gasteiger partial charge in [-0.2, -0.15) is 0 Å². The van der Waals surface area contributed by atoms with Crippen LogP contribution in [0.5, 0.6) is 11.5 Å². The summed E-state index contributed by atoms with van der Waals surface area (Å²) < 4.78 is 26.4. The molecule has 0 saturated carbocycles. The molecule has 0 radical (unpaired) electrons. The first-order chi connectivity index (χ1) is 18.5. The van der Waals surface area contributed by atoms with Gasteiger partial charge in [0.25, 0.3) is 0 Å². The van der Waals surface area contributed by atoms with E-state index in [0.717, 1.165) is 45.2 Å². The second-order valence-electron chi connectivity index (χ2n) is 8.80. The first-order valence-corrected chi connectivity index (χ1v) is 12.5. The number of hydrogen-bond acceptors (Lipinski definition) is 4. The number of rotatable bonds is 9. The van der Waals surface area contributed by atoms with E-state index in [0.29, 0.717) is 18.7 Å². The van der Waals surface area contributed by atoms with E-state index >= 15 is 0 Å². The second kappa shape index (κ2) is 11.2. The predicted octanol–water partition coefficient (Wildman–Crippen LogP) is 6.79. The topological polar surface area (TPSA) is 64.9 Å². The molecule has 1 amide bonds. The fourth-order valence-corrected chi connectivity index (χ4v) is 4.43. The number of benzene rings is 3. The van der Waals surface area contributed by atoms with Crippen molar-refractivity contribution in [1.29, 1.82) is 0 Å². The number of aromatic nitrogens is 2. The molecule has 0 aliphatic heterocycles. The zero-order valence-corrected chi connectivity index (χ0v) is 21.3. The zero-order valence-electron chi connectivity index (χ0n) is 21.3. The summed E-state index contributed by atoms with van der Waals surface area (Å²) in [7, 11) is 1.63. The van der Waals surface area contributed by atoms with Crippen LogP contribution < -0.4 is 14.8 Å². The minimum atomic E-state index is -0.348. The number of nitrogens with one attached hydrogen (secondary N) is 1. The van der Waals surface area contributed by atoms with Crippen LogP contribution in [0.3, 0.4) is 0 Å². The van der Waals surface area contributed by atoms with E-state index in [1.807, 2.05) is 78.2 Å². The van der Waals surface area contributed by atoms with E-state index in [1.165, 1.54) is 12.1 Å². The Kier molecular flexibility index (Phi) is 7.35. The number of carbonyl (C=O) groups is 1. The van der Waals surface area contributed by atoms with Crippen LogP contribution in [0.4, 0.5) is 10.1 Å². The number of ether oxygens (including phenoxy) is 2. The van der Waals surface area contributed by atoms with Gasteiger partial charge in [-0.05, 0) is 85.1 Å². The van der Waals surface area contributed by atoms with Crippen molar-refractivity contribution in [3.63, 3.8) is 0 Å². The SMILES string of the molecule is CCOc1cccc(-c2ccc3nc(-c4cccc(OC)c4)c(CCC(=O)Nc4ccc(F)cc4)n3c2)c1. The molecule has 2 heterocycles. The Morgan fingerprint density at radius 2 is 1.66 bits per heavy atom. The number of methoxy groups -OCH3 is 1. The third-order valence-corrected chi connectivity index (χ3v) is 6.26. The van der Waals surface area contributed by atoms with E-state index in [9.17, 15) is 9.18 Å². The number of fused-ring (bicyclic) bond motifs is 1. The van der Waals surface area contributed by atoms with Crippen molar-refractivity contribution < 1.29 is 18.7 Å². The van der Waals surface area contributed by atoms with Gasteiger partial charge in [-0.1, -0.05) is 24.3 Å². The largest absolute Gasteiger partial charge is 0.497 e. The van der Waals surface area contributed by atoms with Crippen LogP contribution in [-0.4, -0.2) is 29.0 Å². The van der Waals surface area contributed by atoms with E-state index in [1.54, 1.807) is 19.2 Å². The summed E-state index contributed by atoms with van der Waals surface area (Å²) >= 11 is 0. The lowest BCUT2D eigenvalue weighted by Crippen LogP contribution is -2.13. The third kappa shape index (κ3) is 5.52. The van der Waals surface area contributed by atoms with E-state index < -0.39 is 0 Å². The molecule has 192 valence electrons. The summed E-state index contributed by atoms with van der Waals surface area (Å²) in [5, 5.41) is 2.84. The van der Waals surface area contributed by atoms with E-state index in [4.69, 9.17) is 14.5 Å². The van der Waals surface area contributed by atoms with Crippen LogP contribution in [0, 0.1) is 5.82 Å². The van der Waals surface area contributed by atoms with Crippen LogP contribution >= 0.6 is 0 Å². The molecule has 0 bridgehead atoms. The molecule has 7 heteroatoms. The summed E-state index contributed by atoms with van der Waals surface area (Å²) in [5.41, 5.74) is 5.96. The first-order valence-electron chi connectivity index (χ1n) is 12.5. The van der Waals surface area contributed by atoms with Gasteiger partial charge in [0.05, 0.1) is 25.1 Å². The number of pyridine rings is 1. The van der Waals surface area contributed by atoms with Crippen LogP contribution in [0.1, 0.15) is 19.0 Å². The van der Waals surface area contributed by atoms with Gasteiger partial charge in [0.15, 0.2) is 0 Å². The number of hydrogen-bond donors (Lipinski definition) is 1. The van der Waals surface area contributed by atoms with Crippen molar-refractivity contribution in [2.75, 3.05) is 19.0 Å². The van der Waals surface area contributed by atoms with E-state index in [2.05, 4.69) is 5.32 Å². The van der Waals surface area contributed by atoms with Gasteiger partial charge < -0.3 is 19.2 Å². The Morgan fingerprint density at radius 3 is 2.42 bits per heavy atom. The molecule has 0 aliphatic carbocycles. The second-order valence-corrected chi connectivity index (χ2v) is 8.80. The Bertz CT molecular complexity index is 1580. The highest BCUT2D eigenvalue weighted by molar-refractivity contribution is 5.91. The minimum Gasteiger partial charge on any atom is -0.497 e. The Hall–Kier alpha value is -4.65. The van der Waals surface area contributed by atoms with Crippen LogP contribution in [-0.2, 0) is 11.2 Å². The van der Waals surface area contributed by atoms with Gasteiger partial charge in [-0.15, -0.1) is 0 Å². The molecule has 3 aromatic carbocycles. The lowest BCUT2D eigenvalue weighted by molar-refractivity contribution is -0.116. The summed E-state index contributed by atoms with van der Waals surface area (Å²) in [5.74, 6) is 1.03. The number of aryl methyl sites for hydroxylation is 1. The molecule has 5 rings (SSSR count). The molecular weight excluding hydrogens is 481 g/mol. The van der Waals surface area contributed by atoms with Crippen LogP contribution in [0.25, 0.3) is 28.0 Å². The molecule has 6 nitrogen and oxygen atoms in total. The van der Waals surface area contributed by atoms with Crippen molar-refractivity contribution in [3.8, 4) is 33.9 Å². The Balaban J connectivity index is 1.51. The molecule has 0 aliphatic rings. The summed E-state index contributed by atoms with van der Waals surface area (Å²) in [6, 6.07) is 25.5. The highest BCUT2D eigenvalue weighted by atomic mass is 19.1. The fraction of sp³-hybridized carbons (Fsp3) is 0.161. The molecule has 38 heavy (non-hydrogen) atoms. The van der Waals surface area contributed by atoms with Gasteiger partial charge in [-0.3, -0.25) is 4.79 Å². The van der Waals surface area contributed by atoms with Crippen LogP contribution in [0.2, 0.25) is 0 Å². The number of amides is 1. The van der Waals surface area contributed by atoms with Crippen molar-refractivity contribution in [2.45, 2.75) is 19.8 Å². The van der Waals surface area contributed by atoms with Crippen molar-refractivity contribution in [1.82, 2.24) is 9.38 Å². The number of nitrogens with zero attached hydrogens (tertiary/aromatic N) is 2. The Morgan fingerprint density at radius 1 is 0.921 bits per heavy atom. The molecule has 0 spiro atoms. The standard InChI is InChI=1S/C31H28FN3O3/c1-3-38-27-9-4-6-21(18-27)23-10-16-29-34-31(22-7-5-8-26(19-22)37-2)28(35(29)20-23)15-17-30(36)33-25-13-11-24(32)12-14-25/h4-14,16,18-20H,3,15,17H2,1-2H3,(H,33,36). The Labute approximate surface area is 220 Å². The quantitative estimate of drug-likeness (QED) is 0.238. The highest BCUT2D eigenvalue weighted by Gasteiger charge is 2.17. The van der Waals surface area contributed by atoms with Gasteiger partial charge in [-0.25, -0.2) is 9.37 Å². The van der Waals surface area contributed by atoms with Crippen molar-refractivity contribution >= 4 is 17.2 Å². The molecule has 5 aromatic rings. The molecule has 0 unspecified atom stereocenters. The maximum atomic E-state index is 13.2. The third-order valence-electron chi connectivity index (χ3n) is 6.26. The van der Waals surface area contributed by atoms with Gasteiger partial charge >= 0.3 is 0 Å². The molecule has 2 aromatic heterocycles. The lowest BCUT2D eigenvalue weighted by atomic mass is 10.1. The van der Waals surface area contributed by atoms with Gasteiger partial charge in [0.1, 0.15) is 23.0 Å². The average molecular weight is 510 g/mol. The number of halogens is 1. The molecule has 0 saturated heterocycles. The van der Waals surface area contributed by atoms with Crippen LogP contribution in [0.15, 0.2) is 91.1 Å². The monoisotopic (exact) mass is 509 g/mol. The number of carbonyl (C=O) groups excluding carboxylic acids is 1. The number of imidazole rings is 1. The fourth-order valence-electron chi connectivity index (χ4n) is 4.43. The smallest absolute Gasteiger partial charge is 0.224 e. The molecular formula is C31H28FN3O3. The normalized spacial score (nSPS) is 10.9. The predicted molar refractivity (Wildman–Crippen MR) is 147 cm³/mol.